The van der Waals surface area contributed by atoms with E-state index in [1.165, 1.54) is 11.1 Å². The summed E-state index contributed by atoms with van der Waals surface area (Å²) in [5.74, 6) is 0.863. The van der Waals surface area contributed by atoms with Crippen LogP contribution in [0.5, 0.6) is 5.75 Å². The summed E-state index contributed by atoms with van der Waals surface area (Å²) in [5.41, 5.74) is 2.81. The topological polar surface area (TPSA) is 71.4 Å². The fourth-order valence-corrected chi connectivity index (χ4v) is 4.32. The molecule has 7 nitrogen and oxygen atoms in total. The van der Waals surface area contributed by atoms with Crippen molar-refractivity contribution in [2.24, 2.45) is 5.41 Å². The van der Waals surface area contributed by atoms with Gasteiger partial charge in [0.15, 0.2) is 6.73 Å². The number of likely N-dealkylation sites (N-methyl/N-ethyl adjacent to an activating group) is 1. The molecule has 1 atom stereocenters. The highest BCUT2D eigenvalue weighted by atomic mass is 16.5. The molecule has 1 unspecified atom stereocenters. The van der Waals surface area contributed by atoms with E-state index in [0.29, 0.717) is 57.3 Å². The lowest BCUT2D eigenvalue weighted by molar-refractivity contribution is -0.940. The van der Waals surface area contributed by atoms with Crippen LogP contribution in [0.1, 0.15) is 45.7 Å². The Bertz CT molecular complexity index is 908. The van der Waals surface area contributed by atoms with Crippen molar-refractivity contribution >= 4 is 0 Å². The molecule has 7 heteroatoms. The zero-order chi connectivity index (χ0) is 28.8. The molecular formula is C32H53N2O5+. The van der Waals surface area contributed by atoms with E-state index in [2.05, 4.69) is 90.2 Å². The molecule has 0 amide bonds. The molecule has 0 radical (unpaired) electrons. The van der Waals surface area contributed by atoms with Crippen molar-refractivity contribution in [1.29, 1.82) is 0 Å². The van der Waals surface area contributed by atoms with E-state index in [9.17, 15) is 10.2 Å². The van der Waals surface area contributed by atoms with Crippen LogP contribution < -0.4 is 4.74 Å². The normalized spacial score (nSPS) is 14.0. The van der Waals surface area contributed by atoms with Gasteiger partial charge in [-0.25, -0.2) is 0 Å². The first-order valence-corrected chi connectivity index (χ1v) is 14.2. The van der Waals surface area contributed by atoms with E-state index >= 15 is 0 Å². The Hall–Kier alpha value is -2.00. The maximum Gasteiger partial charge on any atom is 0.183 e. The van der Waals surface area contributed by atoms with Crippen LogP contribution in [0.3, 0.4) is 0 Å². The molecule has 0 spiro atoms. The molecule has 0 saturated carbocycles. The van der Waals surface area contributed by atoms with Gasteiger partial charge in [0, 0.05) is 25.2 Å². The van der Waals surface area contributed by atoms with Crippen LogP contribution in [0.2, 0.25) is 0 Å². The van der Waals surface area contributed by atoms with Crippen LogP contribution >= 0.6 is 0 Å². The molecule has 0 aromatic heterocycles. The predicted molar refractivity (Wildman–Crippen MR) is 158 cm³/mol. The highest BCUT2D eigenvalue weighted by molar-refractivity contribution is 5.32. The van der Waals surface area contributed by atoms with Crippen LogP contribution in [0.4, 0.5) is 0 Å². The van der Waals surface area contributed by atoms with Gasteiger partial charge in [-0.05, 0) is 28.5 Å². The van der Waals surface area contributed by atoms with E-state index in [1.54, 1.807) is 0 Å². The van der Waals surface area contributed by atoms with Gasteiger partial charge in [0.1, 0.15) is 25.4 Å². The number of hydrogen-bond donors (Lipinski definition) is 2. The lowest BCUT2D eigenvalue weighted by Crippen LogP contribution is -2.48. The summed E-state index contributed by atoms with van der Waals surface area (Å²) in [7, 11) is 2.19. The van der Waals surface area contributed by atoms with Gasteiger partial charge in [0.25, 0.3) is 0 Å². The van der Waals surface area contributed by atoms with Crippen molar-refractivity contribution in [3.63, 3.8) is 0 Å². The smallest absolute Gasteiger partial charge is 0.183 e. The summed E-state index contributed by atoms with van der Waals surface area (Å²) in [6.45, 7) is 17.7. The Morgan fingerprint density at radius 1 is 0.744 bits per heavy atom. The van der Waals surface area contributed by atoms with Crippen molar-refractivity contribution in [3.05, 3.63) is 65.7 Å². The summed E-state index contributed by atoms with van der Waals surface area (Å²) in [5, 5.41) is 18.4. The first-order valence-electron chi connectivity index (χ1n) is 14.2. The average molecular weight is 546 g/mol. The summed E-state index contributed by atoms with van der Waals surface area (Å²) in [4.78, 5) is 2.00. The number of nitrogens with zero attached hydrogens (tertiary/aromatic N) is 2. The van der Waals surface area contributed by atoms with Crippen LogP contribution in [0.25, 0.3) is 0 Å². The van der Waals surface area contributed by atoms with Crippen molar-refractivity contribution in [1.82, 2.24) is 4.90 Å². The second kappa shape index (κ2) is 16.3. The van der Waals surface area contributed by atoms with Gasteiger partial charge >= 0.3 is 0 Å². The Kier molecular flexibility index (Phi) is 13.9. The quantitative estimate of drug-likeness (QED) is 0.156. The van der Waals surface area contributed by atoms with Gasteiger partial charge in [-0.1, -0.05) is 77.1 Å². The third-order valence-electron chi connectivity index (χ3n) is 7.92. The zero-order valence-electron chi connectivity index (χ0n) is 25.2. The van der Waals surface area contributed by atoms with Crippen molar-refractivity contribution in [3.8, 4) is 5.75 Å². The van der Waals surface area contributed by atoms with E-state index in [-0.39, 0.29) is 24.0 Å². The van der Waals surface area contributed by atoms with Gasteiger partial charge in [-0.3, -0.25) is 9.38 Å². The lowest BCUT2D eigenvalue weighted by atomic mass is 9.65. The highest BCUT2D eigenvalue weighted by Crippen LogP contribution is 2.41. The summed E-state index contributed by atoms with van der Waals surface area (Å²) in [6.07, 6.45) is 0. The Labute approximate surface area is 236 Å². The summed E-state index contributed by atoms with van der Waals surface area (Å²) >= 11 is 0. The van der Waals surface area contributed by atoms with E-state index in [4.69, 9.17) is 14.2 Å². The Morgan fingerprint density at radius 2 is 1.38 bits per heavy atom. The molecule has 2 N–H and O–H groups in total. The largest absolute Gasteiger partial charge is 0.491 e. The minimum atomic E-state index is 0.0707. The molecule has 39 heavy (non-hydrogen) atoms. The van der Waals surface area contributed by atoms with Crippen LogP contribution in [0, 0.1) is 5.41 Å². The number of quaternary nitrogens is 1. The third-order valence-corrected chi connectivity index (χ3v) is 7.92. The van der Waals surface area contributed by atoms with Gasteiger partial charge in [0.2, 0.25) is 0 Å². The maximum absolute atomic E-state index is 9.21. The molecular weight excluding hydrogens is 492 g/mol. The monoisotopic (exact) mass is 545 g/mol. The molecule has 0 aliphatic rings. The fourth-order valence-electron chi connectivity index (χ4n) is 4.32. The molecule has 0 saturated heterocycles. The molecule has 0 aliphatic carbocycles. The van der Waals surface area contributed by atoms with Gasteiger partial charge < -0.3 is 24.4 Å². The van der Waals surface area contributed by atoms with Crippen molar-refractivity contribution in [2.45, 2.75) is 46.6 Å². The molecule has 2 aromatic rings. The van der Waals surface area contributed by atoms with Crippen molar-refractivity contribution in [2.75, 3.05) is 79.6 Å². The Morgan fingerprint density at radius 3 is 1.97 bits per heavy atom. The van der Waals surface area contributed by atoms with Crippen LogP contribution in [-0.2, 0) is 21.4 Å². The summed E-state index contributed by atoms with van der Waals surface area (Å²) < 4.78 is 18.7. The second-order valence-corrected chi connectivity index (χ2v) is 12.2. The number of benzene rings is 2. The molecule has 2 rings (SSSR count). The maximum atomic E-state index is 9.21. The SMILES string of the molecule is CC(C)(C)C(C)(C)c1ccc(OCCOCC[N+](C)(COCCN(CCO)CCO)Cc2ccccc2)cc1. The molecule has 2 aromatic carbocycles. The first-order chi connectivity index (χ1) is 18.5. The van der Waals surface area contributed by atoms with Crippen LogP contribution in [-0.4, -0.2) is 99.2 Å². The highest BCUT2D eigenvalue weighted by Gasteiger charge is 2.34. The van der Waals surface area contributed by atoms with Crippen molar-refractivity contribution < 1.29 is 28.9 Å². The van der Waals surface area contributed by atoms with Gasteiger partial charge in [-0.2, -0.15) is 0 Å². The number of ether oxygens (including phenoxy) is 3. The molecule has 0 fully saturated rings. The number of aliphatic hydroxyl groups is 2. The second-order valence-electron chi connectivity index (χ2n) is 12.2. The van der Waals surface area contributed by atoms with Gasteiger partial charge in [-0.15, -0.1) is 0 Å². The predicted octanol–water partition coefficient (Wildman–Crippen LogP) is 4.31. The molecule has 0 aliphatic heterocycles. The van der Waals surface area contributed by atoms with E-state index < -0.39 is 0 Å². The first kappa shape index (κ1) is 33.2. The van der Waals surface area contributed by atoms with Gasteiger partial charge in [0.05, 0.1) is 40.1 Å². The number of rotatable bonds is 19. The molecule has 0 bridgehead atoms. The Balaban J connectivity index is 1.80. The van der Waals surface area contributed by atoms with E-state index in [1.807, 2.05) is 11.0 Å². The lowest BCUT2D eigenvalue weighted by Gasteiger charge is -2.39. The number of aliphatic hydroxyl groups excluding tert-OH is 2. The summed E-state index contributed by atoms with van der Waals surface area (Å²) in [6, 6.07) is 18.9. The fraction of sp³-hybridized carbons (Fsp3) is 0.625. The third kappa shape index (κ3) is 11.6. The molecule has 220 valence electrons. The number of hydrogen-bond acceptors (Lipinski definition) is 6. The van der Waals surface area contributed by atoms with E-state index in [0.717, 1.165) is 18.8 Å². The standard InChI is InChI=1S/C32H53N2O5/c1-31(2,3)32(4,5)29-12-14-30(15-13-29)39-25-24-37-23-19-34(6,26-28-10-8-7-9-11-28)27-38-22-18-33(16-20-35)17-21-36/h7-15,35-36H,16-27H2,1-6H3/q+1. The minimum Gasteiger partial charge on any atom is -0.491 e. The minimum absolute atomic E-state index is 0.0707. The van der Waals surface area contributed by atoms with Crippen LogP contribution in [0.15, 0.2) is 54.6 Å². The molecule has 0 heterocycles. The average Bonchev–Trinajstić information content (AvgIpc) is 2.89. The zero-order valence-corrected chi connectivity index (χ0v) is 25.2.